The predicted octanol–water partition coefficient (Wildman–Crippen LogP) is 3.00. The maximum Gasteiger partial charge on any atom is 0.412 e. The minimum absolute atomic E-state index is 0.0326. The summed E-state index contributed by atoms with van der Waals surface area (Å²) in [5, 5.41) is 9.52. The fraction of sp³-hybridized carbons (Fsp3) is 0.346. The summed E-state index contributed by atoms with van der Waals surface area (Å²) in [4.78, 5) is 76.0. The third-order valence-electron chi connectivity index (χ3n) is 7.69. The number of halogens is 2. The van der Waals surface area contributed by atoms with Crippen molar-refractivity contribution in [2.24, 2.45) is 0 Å². The molecule has 2 heterocycles. The molecule has 1 atom stereocenters. The lowest BCUT2D eigenvalue weighted by Gasteiger charge is -2.24. The van der Waals surface area contributed by atoms with Gasteiger partial charge in [0.1, 0.15) is 11.3 Å². The average molecular weight is 689 g/mol. The van der Waals surface area contributed by atoms with Crippen LogP contribution in [0.3, 0.4) is 0 Å². The van der Waals surface area contributed by atoms with Crippen LogP contribution in [0, 0.1) is 5.82 Å². The molecule has 1 unspecified atom stereocenters. The quantitative estimate of drug-likeness (QED) is 0.126. The Bertz CT molecular complexity index is 1830. The van der Waals surface area contributed by atoms with Gasteiger partial charge in [0.15, 0.2) is 11.2 Å². The van der Waals surface area contributed by atoms with Crippen molar-refractivity contribution >= 4 is 61.1 Å². The molecular formula is C26H28ClFN4O11P2. The van der Waals surface area contributed by atoms with Crippen molar-refractivity contribution in [3.05, 3.63) is 62.7 Å². The molecule has 2 fully saturated rings. The van der Waals surface area contributed by atoms with Crippen LogP contribution in [0.4, 0.5) is 20.6 Å². The first-order chi connectivity index (χ1) is 21.0. The molecular weight excluding hydrogens is 661 g/mol. The summed E-state index contributed by atoms with van der Waals surface area (Å²) in [6.45, 7) is 0.324. The number of carboxylic acid groups (broad SMARTS) is 1. The number of carbonyl (C=O) groups excluding carboxylic acids is 1. The van der Waals surface area contributed by atoms with E-state index in [1.54, 1.807) is 9.47 Å². The van der Waals surface area contributed by atoms with Crippen molar-refractivity contribution in [3.8, 4) is 5.75 Å². The number of ether oxygens (including phenoxy) is 1. The molecule has 1 aliphatic carbocycles. The van der Waals surface area contributed by atoms with E-state index in [9.17, 15) is 48.2 Å². The molecule has 15 nitrogen and oxygen atoms in total. The first kappa shape index (κ1) is 32.9. The number of hydrogen-bond acceptors (Lipinski definition) is 8. The number of aromatic carboxylic acids is 1. The largest absolute Gasteiger partial charge is 0.477 e. The maximum absolute atomic E-state index is 15.7. The molecule has 1 aliphatic heterocycles. The Morgan fingerprint density at radius 3 is 2.29 bits per heavy atom. The number of rotatable bonds is 9. The third-order valence-corrected chi connectivity index (χ3v) is 11.8. The number of fused-ring (bicyclic) bond motifs is 1. The zero-order valence-electron chi connectivity index (χ0n) is 23.2. The van der Waals surface area contributed by atoms with E-state index in [2.05, 4.69) is 5.32 Å². The summed E-state index contributed by atoms with van der Waals surface area (Å²) in [5.41, 5.74) is 4.27. The van der Waals surface area contributed by atoms with Crippen LogP contribution < -0.4 is 26.1 Å². The van der Waals surface area contributed by atoms with E-state index in [0.29, 0.717) is 19.3 Å². The lowest BCUT2D eigenvalue weighted by molar-refractivity contribution is 0.0694. The van der Waals surface area contributed by atoms with E-state index in [1.807, 2.05) is 0 Å². The summed E-state index contributed by atoms with van der Waals surface area (Å²) in [5.74, 6) is -2.43. The monoisotopic (exact) mass is 688 g/mol. The van der Waals surface area contributed by atoms with Gasteiger partial charge in [0.25, 0.3) is 0 Å². The fourth-order valence-electron chi connectivity index (χ4n) is 5.35. The summed E-state index contributed by atoms with van der Waals surface area (Å²) in [7, 11) is -10.2. The Morgan fingerprint density at radius 2 is 1.73 bits per heavy atom. The van der Waals surface area contributed by atoms with Crippen LogP contribution in [0.5, 0.6) is 5.75 Å². The number of carbonyl (C=O) groups is 2. The van der Waals surface area contributed by atoms with Crippen molar-refractivity contribution in [3.63, 3.8) is 0 Å². The lowest BCUT2D eigenvalue weighted by Crippen LogP contribution is -2.39. The van der Waals surface area contributed by atoms with Gasteiger partial charge >= 0.3 is 27.3 Å². The molecule has 0 radical (unpaired) electrons. The van der Waals surface area contributed by atoms with Gasteiger partial charge in [-0.15, -0.1) is 0 Å². The van der Waals surface area contributed by atoms with E-state index in [0.717, 1.165) is 0 Å². The maximum atomic E-state index is 15.7. The van der Waals surface area contributed by atoms with E-state index in [-0.39, 0.29) is 52.1 Å². The minimum Gasteiger partial charge on any atom is -0.477 e. The lowest BCUT2D eigenvalue weighted by atomic mass is 10.1. The van der Waals surface area contributed by atoms with E-state index >= 15 is 4.39 Å². The number of anilines is 2. The molecule has 2 aliphatic rings. The number of nitrogens with one attached hydrogen (secondary N) is 1. The van der Waals surface area contributed by atoms with Gasteiger partial charge in [-0.3, -0.25) is 13.9 Å². The molecule has 1 aromatic heterocycles. The van der Waals surface area contributed by atoms with Crippen molar-refractivity contribution in [1.82, 2.24) is 9.88 Å². The predicted molar refractivity (Wildman–Crippen MR) is 161 cm³/mol. The van der Waals surface area contributed by atoms with E-state index in [4.69, 9.17) is 22.1 Å². The van der Waals surface area contributed by atoms with Crippen LogP contribution in [-0.4, -0.2) is 65.8 Å². The summed E-state index contributed by atoms with van der Waals surface area (Å²) in [6.07, 6.45) is 1.48. The molecule has 0 spiro atoms. The second-order valence-electron chi connectivity index (χ2n) is 10.9. The molecule has 0 bridgehead atoms. The van der Waals surface area contributed by atoms with Crippen molar-refractivity contribution in [2.45, 2.75) is 43.2 Å². The zero-order chi connectivity index (χ0) is 33.0. The fourth-order valence-corrected chi connectivity index (χ4v) is 8.20. The summed E-state index contributed by atoms with van der Waals surface area (Å²) < 4.78 is 45.5. The number of amides is 1. The van der Waals surface area contributed by atoms with E-state index in [1.165, 1.54) is 30.5 Å². The van der Waals surface area contributed by atoms with Crippen LogP contribution in [-0.2, 0) is 15.6 Å². The highest BCUT2D eigenvalue weighted by atomic mass is 35.5. The molecule has 2 aromatic carbocycles. The number of hydrogen-bond donors (Lipinski definition) is 7. The average Bonchev–Trinajstić information content (AvgIpc) is 3.68. The molecule has 19 heteroatoms. The van der Waals surface area contributed by atoms with Crippen LogP contribution in [0.2, 0.25) is 5.02 Å². The van der Waals surface area contributed by atoms with Gasteiger partial charge in [0.2, 0.25) is 5.43 Å². The topological polar surface area (TPSA) is 242 Å². The number of nitrogens with two attached hydrogens (primary N) is 1. The molecule has 1 amide bonds. The second kappa shape index (κ2) is 12.0. The van der Waals surface area contributed by atoms with Gasteiger partial charge in [-0.1, -0.05) is 23.7 Å². The molecule has 242 valence electrons. The number of carboxylic acids is 1. The number of nitrogen functional groups attached to an aromatic ring is 1. The Labute approximate surface area is 258 Å². The Hall–Kier alpha value is -3.49. The van der Waals surface area contributed by atoms with Crippen molar-refractivity contribution in [1.29, 1.82) is 0 Å². The standard InChI is InChI=1S/C26H28ClFN4O11P2/c27-19-22-18(24(33)16(25(34)35)11-32(22)14-3-4-14)21(29)20(28)23(19)31-8-7-13(10-31)30-26(36)43-15-5-1-12(2-6-15)9-17(44(37,38)39)45(40,41)42/h1-2,5-6,11,13-14,17H,3-4,7-10,29H2,(H,30,36)(H,34,35)(H2,37,38,39)(H2,40,41,42). The molecule has 1 saturated heterocycles. The van der Waals surface area contributed by atoms with Gasteiger partial charge < -0.3 is 49.9 Å². The third kappa shape index (κ3) is 6.73. The van der Waals surface area contributed by atoms with Gasteiger partial charge in [0, 0.05) is 25.3 Å². The zero-order valence-corrected chi connectivity index (χ0v) is 25.7. The second-order valence-corrected chi connectivity index (χ2v) is 15.3. The summed E-state index contributed by atoms with van der Waals surface area (Å²) in [6, 6.07) is 4.51. The normalized spacial score (nSPS) is 17.2. The van der Waals surface area contributed by atoms with Crippen molar-refractivity contribution < 1.29 is 52.5 Å². The molecule has 1 saturated carbocycles. The molecule has 8 N–H and O–H groups in total. The van der Waals surface area contributed by atoms with Crippen LogP contribution in [0.15, 0.2) is 35.3 Å². The Morgan fingerprint density at radius 1 is 1.11 bits per heavy atom. The SMILES string of the molecule is Nc1c(F)c(N2CCC(NC(=O)Oc3ccc(CC(P(=O)(O)O)P(=O)(O)O)cc3)C2)c(Cl)c2c1c(=O)c(C(=O)O)cn2C1CC1. The first-order valence-electron chi connectivity index (χ1n) is 13.5. The summed E-state index contributed by atoms with van der Waals surface area (Å²) >= 11 is 6.69. The number of aromatic nitrogens is 1. The highest BCUT2D eigenvalue weighted by Crippen LogP contribution is 2.61. The Balaban J connectivity index is 1.30. The van der Waals surface area contributed by atoms with Crippen LogP contribution in [0.1, 0.15) is 41.2 Å². The first-order valence-corrected chi connectivity index (χ1v) is 17.2. The number of pyridine rings is 1. The van der Waals surface area contributed by atoms with Gasteiger partial charge in [-0.05, 0) is 43.4 Å². The smallest absolute Gasteiger partial charge is 0.412 e. The Kier molecular flexibility index (Phi) is 8.79. The highest BCUT2D eigenvalue weighted by Gasteiger charge is 2.43. The van der Waals surface area contributed by atoms with Crippen LogP contribution >= 0.6 is 26.8 Å². The number of benzene rings is 2. The number of nitrogens with zero attached hydrogens (tertiary/aromatic N) is 2. The van der Waals surface area contributed by atoms with Gasteiger partial charge in [-0.2, -0.15) is 0 Å². The van der Waals surface area contributed by atoms with E-state index < -0.39 is 67.6 Å². The van der Waals surface area contributed by atoms with Gasteiger partial charge in [-0.25, -0.2) is 14.0 Å². The molecule has 3 aromatic rings. The molecule has 45 heavy (non-hydrogen) atoms. The highest BCUT2D eigenvalue weighted by molar-refractivity contribution is 7.70. The molecule has 5 rings (SSSR count). The van der Waals surface area contributed by atoms with Gasteiger partial charge in [0.05, 0.1) is 33.3 Å². The minimum atomic E-state index is -5.11. The van der Waals surface area contributed by atoms with Crippen LogP contribution in [0.25, 0.3) is 10.9 Å². The van der Waals surface area contributed by atoms with Crippen molar-refractivity contribution in [2.75, 3.05) is 23.7 Å².